The third-order valence-electron chi connectivity index (χ3n) is 5.57. The van der Waals surface area contributed by atoms with Gasteiger partial charge in [-0.3, -0.25) is 4.79 Å². The Balaban J connectivity index is 1.59. The topological polar surface area (TPSA) is 61.4 Å². The van der Waals surface area contributed by atoms with Gasteiger partial charge in [-0.25, -0.2) is 0 Å². The highest BCUT2D eigenvalue weighted by Gasteiger charge is 2.28. The van der Waals surface area contributed by atoms with E-state index < -0.39 is 0 Å². The van der Waals surface area contributed by atoms with E-state index in [9.17, 15) is 9.90 Å². The van der Waals surface area contributed by atoms with Crippen molar-refractivity contribution in [1.82, 2.24) is 10.6 Å². The molecule has 4 nitrogen and oxygen atoms in total. The quantitative estimate of drug-likeness (QED) is 0.720. The minimum Gasteiger partial charge on any atom is -0.508 e. The zero-order valence-electron chi connectivity index (χ0n) is 15.3. The number of carbonyl (C=O) groups is 1. The first-order valence-corrected chi connectivity index (χ1v) is 9.52. The van der Waals surface area contributed by atoms with Gasteiger partial charge in [0, 0.05) is 12.6 Å². The minimum absolute atomic E-state index is 0.101. The lowest BCUT2D eigenvalue weighted by atomic mass is 9.85. The molecule has 136 valence electrons. The molecule has 1 aromatic rings. The van der Waals surface area contributed by atoms with Crippen LogP contribution in [0, 0.1) is 11.8 Å². The SMILES string of the molecule is CC(C)[C@@H](CC1CC=CCC1)NC(=O)[C@H]1Cc2ccc(O)cc2CN1. The Hall–Kier alpha value is -1.81. The van der Waals surface area contributed by atoms with Crippen LogP contribution in [0.2, 0.25) is 0 Å². The second kappa shape index (κ2) is 8.05. The van der Waals surface area contributed by atoms with Gasteiger partial charge in [0.1, 0.15) is 5.75 Å². The van der Waals surface area contributed by atoms with Gasteiger partial charge < -0.3 is 15.7 Å². The molecule has 0 spiro atoms. The largest absolute Gasteiger partial charge is 0.508 e. The lowest BCUT2D eigenvalue weighted by Gasteiger charge is -2.31. The normalized spacial score (nSPS) is 24.0. The van der Waals surface area contributed by atoms with E-state index in [1.807, 2.05) is 6.07 Å². The van der Waals surface area contributed by atoms with Crippen LogP contribution in [0.25, 0.3) is 0 Å². The van der Waals surface area contributed by atoms with E-state index in [1.54, 1.807) is 12.1 Å². The highest BCUT2D eigenvalue weighted by Crippen LogP contribution is 2.26. The van der Waals surface area contributed by atoms with Crippen LogP contribution in [-0.4, -0.2) is 23.1 Å². The van der Waals surface area contributed by atoms with Gasteiger partial charge in [0.05, 0.1) is 6.04 Å². The number of phenols is 1. The van der Waals surface area contributed by atoms with Crippen molar-refractivity contribution in [3.8, 4) is 5.75 Å². The summed E-state index contributed by atoms with van der Waals surface area (Å²) in [6.07, 6.45) is 9.81. The van der Waals surface area contributed by atoms with E-state index in [0.29, 0.717) is 24.8 Å². The molecule has 0 saturated carbocycles. The lowest BCUT2D eigenvalue weighted by molar-refractivity contribution is -0.124. The Bertz CT molecular complexity index is 639. The maximum atomic E-state index is 12.8. The van der Waals surface area contributed by atoms with Crippen LogP contribution < -0.4 is 10.6 Å². The summed E-state index contributed by atoms with van der Waals surface area (Å²) < 4.78 is 0. The van der Waals surface area contributed by atoms with Crippen LogP contribution in [0.3, 0.4) is 0 Å². The number of allylic oxidation sites excluding steroid dienone is 2. The number of hydrogen-bond donors (Lipinski definition) is 3. The molecule has 1 aliphatic carbocycles. The molecule has 0 bridgehead atoms. The predicted octanol–water partition coefficient (Wildman–Crippen LogP) is 3.29. The summed E-state index contributed by atoms with van der Waals surface area (Å²) in [5.74, 6) is 1.50. The van der Waals surface area contributed by atoms with Crippen molar-refractivity contribution in [2.45, 2.75) is 64.6 Å². The first-order chi connectivity index (χ1) is 12.0. The smallest absolute Gasteiger partial charge is 0.237 e. The van der Waals surface area contributed by atoms with Gasteiger partial charge in [-0.05, 0) is 67.2 Å². The average Bonchev–Trinajstić information content (AvgIpc) is 2.61. The van der Waals surface area contributed by atoms with Crippen LogP contribution in [0.5, 0.6) is 5.75 Å². The Morgan fingerprint density at radius 2 is 2.16 bits per heavy atom. The molecular formula is C21H30N2O2. The molecule has 0 aromatic heterocycles. The number of fused-ring (bicyclic) bond motifs is 1. The van der Waals surface area contributed by atoms with Gasteiger partial charge in [-0.15, -0.1) is 0 Å². The molecule has 3 atom stereocenters. The highest BCUT2D eigenvalue weighted by molar-refractivity contribution is 5.82. The summed E-state index contributed by atoms with van der Waals surface area (Å²) in [5, 5.41) is 16.2. The first kappa shape index (κ1) is 18.0. The third kappa shape index (κ3) is 4.63. The predicted molar refractivity (Wildman–Crippen MR) is 100 cm³/mol. The van der Waals surface area contributed by atoms with Gasteiger partial charge >= 0.3 is 0 Å². The maximum absolute atomic E-state index is 12.8. The number of nitrogens with one attached hydrogen (secondary N) is 2. The fraction of sp³-hybridized carbons (Fsp3) is 0.571. The first-order valence-electron chi connectivity index (χ1n) is 9.52. The summed E-state index contributed by atoms with van der Waals surface area (Å²) >= 11 is 0. The Morgan fingerprint density at radius 3 is 2.88 bits per heavy atom. The van der Waals surface area contributed by atoms with Gasteiger partial charge in [-0.1, -0.05) is 32.1 Å². The van der Waals surface area contributed by atoms with E-state index in [-0.39, 0.29) is 23.7 Å². The number of amides is 1. The number of rotatable bonds is 5. The second-order valence-corrected chi connectivity index (χ2v) is 7.84. The number of phenolic OH excluding ortho intramolecular Hbond substituents is 1. The van der Waals surface area contributed by atoms with Crippen LogP contribution in [0.1, 0.15) is 50.7 Å². The van der Waals surface area contributed by atoms with E-state index in [4.69, 9.17) is 0 Å². The van der Waals surface area contributed by atoms with Crippen LogP contribution in [0.4, 0.5) is 0 Å². The minimum atomic E-state index is -0.190. The molecule has 0 radical (unpaired) electrons. The van der Waals surface area contributed by atoms with Crippen molar-refractivity contribution in [2.24, 2.45) is 11.8 Å². The molecule has 1 amide bonds. The molecule has 2 aliphatic rings. The van der Waals surface area contributed by atoms with Gasteiger partial charge in [0.25, 0.3) is 0 Å². The van der Waals surface area contributed by atoms with E-state index in [1.165, 1.54) is 6.42 Å². The van der Waals surface area contributed by atoms with Crippen molar-refractivity contribution in [1.29, 1.82) is 0 Å². The van der Waals surface area contributed by atoms with E-state index >= 15 is 0 Å². The number of hydrogen-bond acceptors (Lipinski definition) is 3. The van der Waals surface area contributed by atoms with Gasteiger partial charge in [0.2, 0.25) is 5.91 Å². The van der Waals surface area contributed by atoms with Crippen molar-refractivity contribution >= 4 is 5.91 Å². The molecule has 4 heteroatoms. The highest BCUT2D eigenvalue weighted by atomic mass is 16.3. The van der Waals surface area contributed by atoms with Gasteiger partial charge in [0.15, 0.2) is 0 Å². The maximum Gasteiger partial charge on any atom is 0.237 e. The van der Waals surface area contributed by atoms with E-state index in [0.717, 1.165) is 30.4 Å². The molecule has 1 heterocycles. The fourth-order valence-electron chi connectivity index (χ4n) is 3.90. The number of aromatic hydroxyl groups is 1. The molecule has 0 saturated heterocycles. The molecule has 3 rings (SSSR count). The van der Waals surface area contributed by atoms with Crippen LogP contribution in [0.15, 0.2) is 30.4 Å². The van der Waals surface area contributed by atoms with Crippen LogP contribution in [-0.2, 0) is 17.8 Å². The summed E-state index contributed by atoms with van der Waals surface area (Å²) in [4.78, 5) is 12.8. The van der Waals surface area contributed by atoms with Gasteiger partial charge in [-0.2, -0.15) is 0 Å². The zero-order valence-corrected chi connectivity index (χ0v) is 15.3. The standard InChI is InChI=1S/C21H30N2O2/c1-14(2)19(10-15-6-4-3-5-7-15)23-21(25)20-12-16-8-9-18(24)11-17(16)13-22-20/h3-4,8-9,11,14-15,19-20,22,24H,5-7,10,12-13H2,1-2H3,(H,23,25)/t15?,19-,20-/m1/s1. The number of carbonyl (C=O) groups excluding carboxylic acids is 1. The van der Waals surface area contributed by atoms with Crippen molar-refractivity contribution in [3.63, 3.8) is 0 Å². The Morgan fingerprint density at radius 1 is 1.32 bits per heavy atom. The summed E-state index contributed by atoms with van der Waals surface area (Å²) in [6, 6.07) is 5.45. The van der Waals surface area contributed by atoms with Crippen molar-refractivity contribution in [3.05, 3.63) is 41.5 Å². The molecular weight excluding hydrogens is 312 g/mol. The molecule has 25 heavy (non-hydrogen) atoms. The Labute approximate surface area is 150 Å². The molecule has 1 aliphatic heterocycles. The number of benzene rings is 1. The molecule has 3 N–H and O–H groups in total. The molecule has 1 unspecified atom stereocenters. The summed E-state index contributed by atoms with van der Waals surface area (Å²) in [5.41, 5.74) is 2.23. The lowest BCUT2D eigenvalue weighted by Crippen LogP contribution is -2.51. The average molecular weight is 342 g/mol. The molecule has 0 fully saturated rings. The molecule has 1 aromatic carbocycles. The van der Waals surface area contributed by atoms with E-state index in [2.05, 4.69) is 36.6 Å². The zero-order chi connectivity index (χ0) is 17.8. The van der Waals surface area contributed by atoms with Crippen molar-refractivity contribution < 1.29 is 9.90 Å². The monoisotopic (exact) mass is 342 g/mol. The summed E-state index contributed by atoms with van der Waals surface area (Å²) in [6.45, 7) is 5.01. The third-order valence-corrected chi connectivity index (χ3v) is 5.57. The Kier molecular flexibility index (Phi) is 5.79. The van der Waals surface area contributed by atoms with Crippen LogP contribution >= 0.6 is 0 Å². The summed E-state index contributed by atoms with van der Waals surface area (Å²) in [7, 11) is 0. The second-order valence-electron chi connectivity index (χ2n) is 7.84. The fourth-order valence-corrected chi connectivity index (χ4v) is 3.90. The van der Waals surface area contributed by atoms with Crippen molar-refractivity contribution in [2.75, 3.05) is 0 Å².